The first-order valence-electron chi connectivity index (χ1n) is 5.22. The van der Waals surface area contributed by atoms with Gasteiger partial charge in [-0.25, -0.2) is 4.98 Å². The minimum absolute atomic E-state index is 0.235. The standard InChI is InChI=1S/C12H12N4O/c1-17-10-4-2-9(3-5-10)8-12-14-11(6-7-13)15-16-12/h2-5H,6,8H2,1H3,(H,14,15,16). The van der Waals surface area contributed by atoms with Crippen LogP contribution in [0.25, 0.3) is 0 Å². The minimum atomic E-state index is 0.235. The number of rotatable bonds is 4. The van der Waals surface area contributed by atoms with Crippen LogP contribution >= 0.6 is 0 Å². The van der Waals surface area contributed by atoms with Gasteiger partial charge in [-0.1, -0.05) is 12.1 Å². The maximum atomic E-state index is 8.52. The van der Waals surface area contributed by atoms with Crippen LogP contribution in [0.15, 0.2) is 24.3 Å². The number of aromatic amines is 1. The molecular formula is C12H12N4O. The van der Waals surface area contributed by atoms with Crippen molar-refractivity contribution in [2.45, 2.75) is 12.8 Å². The van der Waals surface area contributed by atoms with Crippen molar-refractivity contribution in [3.63, 3.8) is 0 Å². The highest BCUT2D eigenvalue weighted by Crippen LogP contribution is 2.13. The van der Waals surface area contributed by atoms with Gasteiger partial charge < -0.3 is 4.74 Å². The number of benzene rings is 1. The van der Waals surface area contributed by atoms with E-state index in [1.165, 1.54) is 0 Å². The highest BCUT2D eigenvalue weighted by Gasteiger charge is 2.03. The average molecular weight is 228 g/mol. The van der Waals surface area contributed by atoms with Crippen molar-refractivity contribution in [3.8, 4) is 11.8 Å². The first-order chi connectivity index (χ1) is 8.31. The van der Waals surface area contributed by atoms with Crippen molar-refractivity contribution in [1.82, 2.24) is 15.2 Å². The SMILES string of the molecule is COc1ccc(Cc2nc(CC#N)n[nH]2)cc1. The molecule has 2 rings (SSSR count). The normalized spacial score (nSPS) is 9.88. The fraction of sp³-hybridized carbons (Fsp3) is 0.250. The fourth-order valence-electron chi connectivity index (χ4n) is 1.50. The van der Waals surface area contributed by atoms with Crippen LogP contribution in [0.4, 0.5) is 0 Å². The molecule has 0 radical (unpaired) electrons. The zero-order valence-corrected chi connectivity index (χ0v) is 9.47. The van der Waals surface area contributed by atoms with E-state index >= 15 is 0 Å². The van der Waals surface area contributed by atoms with E-state index in [0.717, 1.165) is 17.1 Å². The molecule has 1 aromatic carbocycles. The molecule has 86 valence electrons. The summed E-state index contributed by atoms with van der Waals surface area (Å²) in [5.74, 6) is 2.13. The Morgan fingerprint density at radius 3 is 2.76 bits per heavy atom. The van der Waals surface area contributed by atoms with Crippen LogP contribution in [0, 0.1) is 11.3 Å². The van der Waals surface area contributed by atoms with E-state index < -0.39 is 0 Å². The fourth-order valence-corrected chi connectivity index (χ4v) is 1.50. The van der Waals surface area contributed by atoms with Gasteiger partial charge in [0.25, 0.3) is 0 Å². The summed E-state index contributed by atoms with van der Waals surface area (Å²) in [6.07, 6.45) is 0.904. The van der Waals surface area contributed by atoms with Gasteiger partial charge in [-0.3, -0.25) is 5.10 Å². The Hall–Kier alpha value is -2.35. The molecule has 0 amide bonds. The number of nitrogens with zero attached hydrogens (tertiary/aromatic N) is 3. The average Bonchev–Trinajstić information content (AvgIpc) is 2.78. The Morgan fingerprint density at radius 1 is 1.35 bits per heavy atom. The summed E-state index contributed by atoms with van der Waals surface area (Å²) in [6.45, 7) is 0. The second kappa shape index (κ2) is 5.12. The zero-order chi connectivity index (χ0) is 12.1. The van der Waals surface area contributed by atoms with Crippen LogP contribution in [-0.2, 0) is 12.8 Å². The van der Waals surface area contributed by atoms with Crippen molar-refractivity contribution in [3.05, 3.63) is 41.5 Å². The lowest BCUT2D eigenvalue weighted by atomic mass is 10.1. The number of ether oxygens (including phenoxy) is 1. The number of hydrogen-bond donors (Lipinski definition) is 1. The van der Waals surface area contributed by atoms with Gasteiger partial charge in [0.05, 0.1) is 19.6 Å². The van der Waals surface area contributed by atoms with Crippen LogP contribution in [0.1, 0.15) is 17.2 Å². The molecule has 0 atom stereocenters. The molecule has 0 fully saturated rings. The number of hydrogen-bond acceptors (Lipinski definition) is 4. The molecule has 0 aliphatic carbocycles. The smallest absolute Gasteiger partial charge is 0.164 e. The van der Waals surface area contributed by atoms with Crippen LogP contribution in [-0.4, -0.2) is 22.3 Å². The summed E-state index contributed by atoms with van der Waals surface area (Å²) in [4.78, 5) is 4.22. The topological polar surface area (TPSA) is 74.6 Å². The molecule has 0 unspecified atom stereocenters. The molecule has 0 saturated heterocycles. The molecule has 1 heterocycles. The molecule has 0 aliphatic heterocycles. The van der Waals surface area contributed by atoms with Crippen molar-refractivity contribution in [2.24, 2.45) is 0 Å². The van der Waals surface area contributed by atoms with E-state index in [4.69, 9.17) is 10.00 Å². The third-order valence-corrected chi connectivity index (χ3v) is 2.35. The second-order valence-electron chi connectivity index (χ2n) is 3.56. The zero-order valence-electron chi connectivity index (χ0n) is 9.47. The lowest BCUT2D eigenvalue weighted by Gasteiger charge is -2.01. The number of nitriles is 1. The van der Waals surface area contributed by atoms with Gasteiger partial charge in [0.2, 0.25) is 0 Å². The van der Waals surface area contributed by atoms with E-state index in [9.17, 15) is 0 Å². The van der Waals surface area contributed by atoms with Crippen molar-refractivity contribution in [1.29, 1.82) is 5.26 Å². The third kappa shape index (κ3) is 2.82. The van der Waals surface area contributed by atoms with Gasteiger partial charge in [0.15, 0.2) is 5.82 Å². The van der Waals surface area contributed by atoms with Gasteiger partial charge >= 0.3 is 0 Å². The highest BCUT2D eigenvalue weighted by atomic mass is 16.5. The largest absolute Gasteiger partial charge is 0.497 e. The molecule has 0 aliphatic rings. The highest BCUT2D eigenvalue weighted by molar-refractivity contribution is 5.28. The Balaban J connectivity index is 2.06. The number of H-pyrrole nitrogens is 1. The number of aromatic nitrogens is 3. The maximum Gasteiger partial charge on any atom is 0.164 e. The molecule has 5 nitrogen and oxygen atoms in total. The Labute approximate surface area is 99.1 Å². The second-order valence-corrected chi connectivity index (χ2v) is 3.56. The lowest BCUT2D eigenvalue weighted by Crippen LogP contribution is -1.92. The molecule has 1 aromatic heterocycles. The molecule has 2 aromatic rings. The van der Waals surface area contributed by atoms with Crippen molar-refractivity contribution < 1.29 is 4.74 Å². The summed E-state index contributed by atoms with van der Waals surface area (Å²) in [7, 11) is 1.64. The van der Waals surface area contributed by atoms with E-state index in [0.29, 0.717) is 12.2 Å². The van der Waals surface area contributed by atoms with Crippen LogP contribution < -0.4 is 4.74 Å². The first-order valence-corrected chi connectivity index (χ1v) is 5.22. The molecule has 0 saturated carbocycles. The third-order valence-electron chi connectivity index (χ3n) is 2.35. The maximum absolute atomic E-state index is 8.52. The molecule has 0 spiro atoms. The van der Waals surface area contributed by atoms with Gasteiger partial charge in [-0.15, -0.1) is 0 Å². The predicted octanol–water partition coefficient (Wildman–Crippen LogP) is 1.47. The minimum Gasteiger partial charge on any atom is -0.497 e. The van der Waals surface area contributed by atoms with Gasteiger partial charge in [0, 0.05) is 6.42 Å². The van der Waals surface area contributed by atoms with E-state index in [1.807, 2.05) is 30.3 Å². The lowest BCUT2D eigenvalue weighted by molar-refractivity contribution is 0.414. The molecule has 0 bridgehead atoms. The Kier molecular flexibility index (Phi) is 3.36. The molecule has 5 heteroatoms. The van der Waals surface area contributed by atoms with Crippen LogP contribution in [0.2, 0.25) is 0 Å². The summed E-state index contributed by atoms with van der Waals surface area (Å²) in [6, 6.07) is 9.78. The van der Waals surface area contributed by atoms with E-state index in [2.05, 4.69) is 15.2 Å². The molecule has 17 heavy (non-hydrogen) atoms. The van der Waals surface area contributed by atoms with Crippen molar-refractivity contribution >= 4 is 0 Å². The summed E-state index contributed by atoms with van der Waals surface area (Å²) >= 11 is 0. The van der Waals surface area contributed by atoms with E-state index in [1.54, 1.807) is 7.11 Å². The summed E-state index contributed by atoms with van der Waals surface area (Å²) in [5, 5.41) is 15.3. The Bertz CT molecular complexity index is 524. The summed E-state index contributed by atoms with van der Waals surface area (Å²) in [5.41, 5.74) is 1.12. The first kappa shape index (κ1) is 11.1. The van der Waals surface area contributed by atoms with Crippen LogP contribution in [0.5, 0.6) is 5.75 Å². The monoisotopic (exact) mass is 228 g/mol. The predicted molar refractivity (Wildman–Crippen MR) is 61.5 cm³/mol. The number of methoxy groups -OCH3 is 1. The quantitative estimate of drug-likeness (QED) is 0.859. The number of nitrogens with one attached hydrogen (secondary N) is 1. The van der Waals surface area contributed by atoms with Gasteiger partial charge in [-0.2, -0.15) is 10.4 Å². The van der Waals surface area contributed by atoms with E-state index in [-0.39, 0.29) is 6.42 Å². The van der Waals surface area contributed by atoms with Gasteiger partial charge in [0.1, 0.15) is 11.6 Å². The molecular weight excluding hydrogens is 216 g/mol. The van der Waals surface area contributed by atoms with Gasteiger partial charge in [-0.05, 0) is 17.7 Å². The molecule has 1 N–H and O–H groups in total. The van der Waals surface area contributed by atoms with Crippen LogP contribution in [0.3, 0.4) is 0 Å². The van der Waals surface area contributed by atoms with Crippen molar-refractivity contribution in [2.75, 3.05) is 7.11 Å². The Morgan fingerprint density at radius 2 is 2.12 bits per heavy atom. The summed E-state index contributed by atoms with van der Waals surface area (Å²) < 4.78 is 5.08.